The van der Waals surface area contributed by atoms with Crippen molar-refractivity contribution in [3.8, 4) is 0 Å². The third-order valence-electron chi connectivity index (χ3n) is 4.16. The van der Waals surface area contributed by atoms with E-state index in [4.69, 9.17) is 5.73 Å². The number of benzene rings is 1. The first-order valence-corrected chi connectivity index (χ1v) is 8.59. The highest BCUT2D eigenvalue weighted by atomic mass is 16.2. The topological polar surface area (TPSA) is 106 Å². The molecule has 1 amide bonds. The third kappa shape index (κ3) is 4.95. The molecule has 2 rings (SSSR count). The number of nitrogens with zero attached hydrogens (tertiary/aromatic N) is 2. The van der Waals surface area contributed by atoms with Gasteiger partial charge in [0.05, 0.1) is 20.1 Å². The number of nitrogen functional groups attached to an aromatic ring is 1. The molecule has 0 aliphatic heterocycles. The number of nitrogens with two attached hydrogens (primary N) is 1. The van der Waals surface area contributed by atoms with E-state index in [1.165, 1.54) is 16.5 Å². The highest BCUT2D eigenvalue weighted by Gasteiger charge is 2.23. The molecule has 0 aliphatic rings. The van der Waals surface area contributed by atoms with Crippen LogP contribution in [0.2, 0.25) is 0 Å². The summed E-state index contributed by atoms with van der Waals surface area (Å²) in [6.07, 6.45) is 0. The molecule has 1 heterocycles. The molecule has 0 radical (unpaired) electrons. The van der Waals surface area contributed by atoms with Crippen LogP contribution < -0.4 is 26.8 Å². The van der Waals surface area contributed by atoms with E-state index in [1.54, 1.807) is 0 Å². The minimum absolute atomic E-state index is 0.0290. The summed E-state index contributed by atoms with van der Waals surface area (Å²) in [4.78, 5) is 41.5. The van der Waals surface area contributed by atoms with Gasteiger partial charge in [0.2, 0.25) is 0 Å². The van der Waals surface area contributed by atoms with Crippen LogP contribution in [0.1, 0.15) is 12.5 Å². The molecular formula is C19H26N5O3+. The second-order valence-corrected chi connectivity index (χ2v) is 6.79. The Morgan fingerprint density at radius 2 is 1.89 bits per heavy atom. The summed E-state index contributed by atoms with van der Waals surface area (Å²) in [6.45, 7) is 6.72. The predicted octanol–water partition coefficient (Wildman–Crippen LogP) is -0.779. The molecule has 0 aliphatic carbocycles. The number of aromatic amines is 1. The molecule has 2 aromatic rings. The van der Waals surface area contributed by atoms with Crippen molar-refractivity contribution in [3.05, 3.63) is 68.9 Å². The van der Waals surface area contributed by atoms with Crippen molar-refractivity contribution in [2.75, 3.05) is 37.8 Å². The van der Waals surface area contributed by atoms with E-state index in [1.807, 2.05) is 44.3 Å². The van der Waals surface area contributed by atoms with Gasteiger partial charge in [0.1, 0.15) is 5.82 Å². The van der Waals surface area contributed by atoms with Crippen LogP contribution in [-0.2, 0) is 11.3 Å². The standard InChI is InChI=1S/C19H25N5O3/c1-13(2)10-22(3)12-15(25)23(4)16-17(20)24(19(27)21-18(16)26)11-14-8-6-5-7-9-14/h5-9H,1,10-12,20H2,2-4H3,(H,21,26,27)/p+1. The molecule has 8 nitrogen and oxygen atoms in total. The molecule has 0 spiro atoms. The van der Waals surface area contributed by atoms with Crippen LogP contribution in [0.15, 0.2) is 52.1 Å². The van der Waals surface area contributed by atoms with E-state index >= 15 is 0 Å². The Kier molecular flexibility index (Phi) is 6.36. The largest absolute Gasteiger partial charge is 0.383 e. The first-order valence-electron chi connectivity index (χ1n) is 8.59. The van der Waals surface area contributed by atoms with Gasteiger partial charge in [-0.25, -0.2) is 4.79 Å². The summed E-state index contributed by atoms with van der Waals surface area (Å²) >= 11 is 0. The maximum Gasteiger partial charge on any atom is 0.330 e. The van der Waals surface area contributed by atoms with Crippen molar-refractivity contribution in [2.24, 2.45) is 0 Å². The van der Waals surface area contributed by atoms with Crippen molar-refractivity contribution in [1.82, 2.24) is 9.55 Å². The summed E-state index contributed by atoms with van der Waals surface area (Å²) in [5.74, 6) is -0.322. The molecule has 4 N–H and O–H groups in total. The van der Waals surface area contributed by atoms with Crippen molar-refractivity contribution in [1.29, 1.82) is 0 Å². The predicted molar refractivity (Wildman–Crippen MR) is 106 cm³/mol. The van der Waals surface area contributed by atoms with Gasteiger partial charge >= 0.3 is 5.69 Å². The number of hydrogen-bond acceptors (Lipinski definition) is 4. The van der Waals surface area contributed by atoms with E-state index in [2.05, 4.69) is 11.6 Å². The lowest BCUT2D eigenvalue weighted by Crippen LogP contribution is -3.10. The number of quaternary nitrogens is 1. The molecule has 144 valence electrons. The van der Waals surface area contributed by atoms with Gasteiger partial charge in [0.25, 0.3) is 11.5 Å². The van der Waals surface area contributed by atoms with Crippen LogP contribution in [0, 0.1) is 0 Å². The fraction of sp³-hybridized carbons (Fsp3) is 0.316. The summed E-state index contributed by atoms with van der Waals surface area (Å²) in [7, 11) is 3.35. The fourth-order valence-corrected chi connectivity index (χ4v) is 2.90. The Bertz CT molecular complexity index is 946. The molecule has 0 saturated heterocycles. The smallest absolute Gasteiger partial charge is 0.330 e. The van der Waals surface area contributed by atoms with Gasteiger partial charge in [-0.05, 0) is 18.1 Å². The third-order valence-corrected chi connectivity index (χ3v) is 4.16. The maximum atomic E-state index is 12.6. The lowest BCUT2D eigenvalue weighted by atomic mass is 10.2. The maximum absolute atomic E-state index is 12.6. The molecule has 8 heteroatoms. The summed E-state index contributed by atoms with van der Waals surface area (Å²) < 4.78 is 1.25. The normalized spacial score (nSPS) is 11.8. The van der Waals surface area contributed by atoms with Crippen LogP contribution in [0.5, 0.6) is 0 Å². The zero-order valence-corrected chi connectivity index (χ0v) is 15.9. The first kappa shape index (κ1) is 20.2. The average molecular weight is 372 g/mol. The van der Waals surface area contributed by atoms with Gasteiger partial charge in [-0.1, -0.05) is 36.9 Å². The number of H-pyrrole nitrogens is 1. The summed E-state index contributed by atoms with van der Waals surface area (Å²) in [5.41, 5.74) is 6.59. The minimum atomic E-state index is -0.685. The van der Waals surface area contributed by atoms with Crippen LogP contribution in [-0.4, -0.2) is 42.6 Å². The number of carbonyl (C=O) groups excluding carboxylic acids is 1. The van der Waals surface area contributed by atoms with Crippen molar-refractivity contribution < 1.29 is 9.69 Å². The Labute approximate surface area is 157 Å². The molecule has 1 atom stereocenters. The Morgan fingerprint density at radius 3 is 2.48 bits per heavy atom. The van der Waals surface area contributed by atoms with E-state index in [-0.39, 0.29) is 30.5 Å². The van der Waals surface area contributed by atoms with Crippen LogP contribution in [0.25, 0.3) is 0 Å². The van der Waals surface area contributed by atoms with E-state index in [9.17, 15) is 14.4 Å². The zero-order chi connectivity index (χ0) is 20.1. The van der Waals surface area contributed by atoms with Crippen LogP contribution in [0.4, 0.5) is 11.5 Å². The van der Waals surface area contributed by atoms with Gasteiger partial charge in [-0.3, -0.25) is 19.1 Å². The molecule has 0 fully saturated rings. The number of carbonyl (C=O) groups is 1. The van der Waals surface area contributed by atoms with Gasteiger partial charge in [-0.15, -0.1) is 0 Å². The van der Waals surface area contributed by atoms with Gasteiger partial charge in [0, 0.05) is 7.05 Å². The number of rotatable bonds is 7. The van der Waals surface area contributed by atoms with Gasteiger partial charge < -0.3 is 15.5 Å². The molecular weight excluding hydrogens is 346 g/mol. The highest BCUT2D eigenvalue weighted by Crippen LogP contribution is 2.16. The lowest BCUT2D eigenvalue weighted by molar-refractivity contribution is -0.865. The van der Waals surface area contributed by atoms with E-state index < -0.39 is 11.2 Å². The molecule has 1 unspecified atom stereocenters. The molecule has 0 bridgehead atoms. The molecule has 1 aromatic heterocycles. The summed E-state index contributed by atoms with van der Waals surface area (Å²) in [5, 5.41) is 0. The lowest BCUT2D eigenvalue weighted by Gasteiger charge is -2.22. The second-order valence-electron chi connectivity index (χ2n) is 6.79. The SMILES string of the molecule is C=C(C)C[NH+](C)CC(=O)N(C)c1c(N)n(Cc2ccccc2)c(=O)[nH]c1=O. The average Bonchev–Trinajstić information content (AvgIpc) is 2.58. The van der Waals surface area contributed by atoms with Crippen molar-refractivity contribution in [2.45, 2.75) is 13.5 Å². The number of amides is 1. The number of likely N-dealkylation sites (N-methyl/N-ethyl adjacent to an activating group) is 2. The first-order chi connectivity index (χ1) is 12.7. The van der Waals surface area contributed by atoms with E-state index in [0.717, 1.165) is 16.0 Å². The minimum Gasteiger partial charge on any atom is -0.383 e. The van der Waals surface area contributed by atoms with Crippen molar-refractivity contribution in [3.63, 3.8) is 0 Å². The van der Waals surface area contributed by atoms with Crippen LogP contribution >= 0.6 is 0 Å². The second kappa shape index (κ2) is 8.50. The number of anilines is 2. The number of hydrogen-bond donors (Lipinski definition) is 3. The van der Waals surface area contributed by atoms with Crippen molar-refractivity contribution >= 4 is 17.4 Å². The van der Waals surface area contributed by atoms with Crippen LogP contribution in [0.3, 0.4) is 0 Å². The monoisotopic (exact) mass is 372 g/mol. The summed E-state index contributed by atoms with van der Waals surface area (Å²) in [6, 6.07) is 9.26. The Balaban J connectivity index is 2.34. The zero-order valence-electron chi connectivity index (χ0n) is 15.9. The Morgan fingerprint density at radius 1 is 1.26 bits per heavy atom. The Hall–Kier alpha value is -3.13. The van der Waals surface area contributed by atoms with E-state index in [0.29, 0.717) is 6.54 Å². The fourth-order valence-electron chi connectivity index (χ4n) is 2.90. The number of nitrogens with one attached hydrogen (secondary N) is 2. The molecule has 0 saturated carbocycles. The van der Waals surface area contributed by atoms with Gasteiger partial charge in [0.15, 0.2) is 12.2 Å². The highest BCUT2D eigenvalue weighted by molar-refractivity contribution is 5.95. The quantitative estimate of drug-likeness (QED) is 0.555. The molecule has 1 aromatic carbocycles. The molecule has 27 heavy (non-hydrogen) atoms. The number of aromatic nitrogens is 2. The van der Waals surface area contributed by atoms with Gasteiger partial charge in [-0.2, -0.15) is 0 Å².